The van der Waals surface area contributed by atoms with Crippen LogP contribution in [0.2, 0.25) is 0 Å². The van der Waals surface area contributed by atoms with E-state index in [9.17, 15) is 19.7 Å². The fourth-order valence-electron chi connectivity index (χ4n) is 6.89. The number of benzene rings is 3. The number of nitro benzene ring substituents is 1. The molecule has 0 saturated heterocycles. The summed E-state index contributed by atoms with van der Waals surface area (Å²) in [5.74, 6) is -2.15. The molecule has 6 aromatic heterocycles. The fraction of sp³-hybridized carbons (Fsp3) is 0.0889. The van der Waals surface area contributed by atoms with Gasteiger partial charge < -0.3 is 36.6 Å². The van der Waals surface area contributed by atoms with Gasteiger partial charge in [0, 0.05) is 85.0 Å². The molecule has 15 nitrogen and oxygen atoms in total. The minimum absolute atomic E-state index is 0.00400. The summed E-state index contributed by atoms with van der Waals surface area (Å²) in [6.07, 6.45) is 15.9. The van der Waals surface area contributed by atoms with Gasteiger partial charge in [0.25, 0.3) is 5.69 Å². The van der Waals surface area contributed by atoms with Crippen molar-refractivity contribution in [3.63, 3.8) is 0 Å². The van der Waals surface area contributed by atoms with Crippen LogP contribution in [0.1, 0.15) is 11.1 Å². The van der Waals surface area contributed by atoms with E-state index in [1.807, 2.05) is 67.3 Å². The second kappa shape index (κ2) is 18.1. The summed E-state index contributed by atoms with van der Waals surface area (Å²) in [6.45, 7) is 0. The van der Waals surface area contributed by atoms with Gasteiger partial charge in [-0.25, -0.2) is 0 Å². The highest BCUT2D eigenvalue weighted by Gasteiger charge is 2.25. The van der Waals surface area contributed by atoms with Crippen LogP contribution in [0.4, 0.5) is 5.69 Å². The first-order valence-electron chi connectivity index (χ1n) is 18.7. The first-order valence-corrected chi connectivity index (χ1v) is 18.7. The smallest absolute Gasteiger partial charge is 0.320 e. The molecule has 0 bridgehead atoms. The number of aromatic nitrogens is 6. The van der Waals surface area contributed by atoms with Gasteiger partial charge in [0.15, 0.2) is 0 Å². The number of carbonyl (C=O) groups is 2. The monoisotopic (exact) mass is 801 g/mol. The van der Waals surface area contributed by atoms with E-state index in [1.165, 1.54) is 22.0 Å². The number of pyridine rings is 3. The van der Waals surface area contributed by atoms with E-state index >= 15 is 0 Å². The average Bonchev–Trinajstić information content (AvgIpc) is 4.03. The molecule has 2 unspecified atom stereocenters. The van der Waals surface area contributed by atoms with Crippen molar-refractivity contribution in [2.75, 3.05) is 0 Å². The third-order valence-electron chi connectivity index (χ3n) is 9.94. The van der Waals surface area contributed by atoms with Crippen molar-refractivity contribution >= 4 is 50.3 Å². The molecular weight excluding hydrogens is 763 g/mol. The molecule has 0 aliphatic carbocycles. The summed E-state index contributed by atoms with van der Waals surface area (Å²) in [4.78, 5) is 54.4. The molecule has 2 atom stereocenters. The maximum atomic E-state index is 11.7. The Kier molecular flexibility index (Phi) is 12.1. The molecule has 300 valence electrons. The van der Waals surface area contributed by atoms with Crippen molar-refractivity contribution in [2.45, 2.75) is 24.9 Å². The Bertz CT molecular complexity index is 2910. The minimum Gasteiger partial charge on any atom is -0.480 e. The Morgan fingerprint density at radius 1 is 0.600 bits per heavy atom. The van der Waals surface area contributed by atoms with E-state index in [2.05, 4.69) is 54.2 Å². The quantitative estimate of drug-likeness (QED) is 0.0526. The van der Waals surface area contributed by atoms with Gasteiger partial charge in [-0.15, -0.1) is 0 Å². The topological polar surface area (TPSA) is 256 Å². The summed E-state index contributed by atoms with van der Waals surface area (Å²) in [5.41, 5.74) is 20.9. The molecule has 0 aliphatic heterocycles. The standard InChI is InChI=1S/C16H14N4O4.C16H15N3O2.C13H10N2/c17-12(16(21)22)7-10-8-19-13-2-1-11(9-3-5-18-6-4-9)15(14(10)13)20(23)24;17-14(16(20)21)8-12-9-19-15-2-1-11(7-13(12)15)10-3-5-18-6-4-10;1-2-13-12(5-8-15-13)9-11(1)10-3-6-14-7-4-10/h1-6,8,12,19H,7,17H2,(H,21,22);1-7,9,14,19H,8,17H2,(H,20,21);1-9,15H. The number of carboxylic acid groups (broad SMARTS) is 2. The first-order chi connectivity index (χ1) is 29.1. The molecule has 60 heavy (non-hydrogen) atoms. The van der Waals surface area contributed by atoms with Crippen molar-refractivity contribution in [1.82, 2.24) is 29.9 Å². The van der Waals surface area contributed by atoms with Gasteiger partial charge >= 0.3 is 11.9 Å². The predicted molar refractivity (Wildman–Crippen MR) is 230 cm³/mol. The third-order valence-corrected chi connectivity index (χ3v) is 9.94. The van der Waals surface area contributed by atoms with Crippen LogP contribution in [-0.2, 0) is 22.4 Å². The number of aliphatic carboxylic acids is 2. The van der Waals surface area contributed by atoms with E-state index in [1.54, 1.807) is 55.2 Å². The molecule has 0 aliphatic rings. The number of nitrogens with zero attached hydrogens (tertiary/aromatic N) is 4. The fourth-order valence-corrected chi connectivity index (χ4v) is 6.89. The van der Waals surface area contributed by atoms with Gasteiger partial charge in [-0.05, 0) is 123 Å². The first kappa shape index (κ1) is 40.2. The highest BCUT2D eigenvalue weighted by atomic mass is 16.6. The third kappa shape index (κ3) is 9.07. The summed E-state index contributed by atoms with van der Waals surface area (Å²) in [7, 11) is 0. The number of hydrogen-bond acceptors (Lipinski definition) is 9. The zero-order valence-corrected chi connectivity index (χ0v) is 31.9. The van der Waals surface area contributed by atoms with Gasteiger partial charge in [0.1, 0.15) is 12.1 Å². The zero-order chi connectivity index (χ0) is 42.2. The van der Waals surface area contributed by atoms with E-state index < -0.39 is 28.9 Å². The number of H-pyrrole nitrogens is 3. The maximum Gasteiger partial charge on any atom is 0.320 e. The predicted octanol–water partition coefficient (Wildman–Crippen LogP) is 7.51. The average molecular weight is 802 g/mol. The number of hydrogen-bond donors (Lipinski definition) is 7. The zero-order valence-electron chi connectivity index (χ0n) is 31.9. The Balaban J connectivity index is 0.000000139. The molecule has 9 rings (SSSR count). The summed E-state index contributed by atoms with van der Waals surface area (Å²) >= 11 is 0. The van der Waals surface area contributed by atoms with E-state index in [0.29, 0.717) is 34.0 Å². The SMILES string of the molecule is NC(Cc1c[nH]c2ccc(-c3ccncc3)c([N+](=O)[O-])c12)C(=O)O.NC(Cc1c[nH]c2ccc(-c3ccncc3)cc12)C(=O)O.c1cc(-c2ccc3[nH]ccc3c2)ccn1. The van der Waals surface area contributed by atoms with Crippen LogP contribution in [0.3, 0.4) is 0 Å². The molecule has 0 fully saturated rings. The normalized spacial score (nSPS) is 11.9. The number of fused-ring (bicyclic) bond motifs is 3. The lowest BCUT2D eigenvalue weighted by molar-refractivity contribution is -0.382. The van der Waals surface area contributed by atoms with E-state index in [-0.39, 0.29) is 12.1 Å². The van der Waals surface area contributed by atoms with Crippen LogP contribution in [-0.4, -0.2) is 69.1 Å². The molecule has 0 radical (unpaired) electrons. The van der Waals surface area contributed by atoms with Crippen LogP contribution in [0.15, 0.2) is 147 Å². The van der Waals surface area contributed by atoms with Crippen LogP contribution in [0.25, 0.3) is 66.1 Å². The Hall–Kier alpha value is -8.01. The van der Waals surface area contributed by atoms with Crippen molar-refractivity contribution in [2.24, 2.45) is 11.5 Å². The largest absolute Gasteiger partial charge is 0.480 e. The molecular formula is C45H39N9O6. The van der Waals surface area contributed by atoms with Gasteiger partial charge in [-0.3, -0.25) is 34.7 Å². The molecule has 3 aromatic carbocycles. The summed E-state index contributed by atoms with van der Waals surface area (Å²) in [5, 5.41) is 32.3. The van der Waals surface area contributed by atoms with Gasteiger partial charge in [0.2, 0.25) is 0 Å². The second-order valence-corrected chi connectivity index (χ2v) is 13.8. The van der Waals surface area contributed by atoms with Crippen molar-refractivity contribution < 1.29 is 24.7 Å². The number of nitrogens with one attached hydrogen (secondary N) is 3. The highest BCUT2D eigenvalue weighted by Crippen LogP contribution is 2.38. The van der Waals surface area contributed by atoms with E-state index in [0.717, 1.165) is 27.6 Å². The summed E-state index contributed by atoms with van der Waals surface area (Å²) < 4.78 is 0. The Labute approximate surface area is 341 Å². The van der Waals surface area contributed by atoms with Crippen LogP contribution in [0.5, 0.6) is 0 Å². The molecule has 9 N–H and O–H groups in total. The number of aromatic amines is 3. The Morgan fingerprint density at radius 2 is 1.10 bits per heavy atom. The second-order valence-electron chi connectivity index (χ2n) is 13.8. The molecule has 9 aromatic rings. The van der Waals surface area contributed by atoms with Crippen molar-refractivity contribution in [3.8, 4) is 33.4 Å². The minimum atomic E-state index is -1.16. The number of rotatable bonds is 10. The van der Waals surface area contributed by atoms with Crippen LogP contribution in [0, 0.1) is 10.1 Å². The lowest BCUT2D eigenvalue weighted by Crippen LogP contribution is -2.32. The Morgan fingerprint density at radius 3 is 1.68 bits per heavy atom. The molecule has 15 heteroatoms. The van der Waals surface area contributed by atoms with Crippen molar-refractivity contribution in [1.29, 1.82) is 0 Å². The van der Waals surface area contributed by atoms with Crippen LogP contribution < -0.4 is 11.5 Å². The highest BCUT2D eigenvalue weighted by molar-refractivity contribution is 5.99. The lowest BCUT2D eigenvalue weighted by atomic mass is 9.98. The molecule has 0 saturated carbocycles. The van der Waals surface area contributed by atoms with Gasteiger partial charge in [-0.2, -0.15) is 0 Å². The van der Waals surface area contributed by atoms with Crippen LogP contribution >= 0.6 is 0 Å². The van der Waals surface area contributed by atoms with E-state index in [4.69, 9.17) is 21.7 Å². The van der Waals surface area contributed by atoms with Gasteiger partial charge in [0.05, 0.1) is 21.4 Å². The number of nitrogens with two attached hydrogens (primary N) is 2. The maximum absolute atomic E-state index is 11.7. The molecule has 6 heterocycles. The number of carboxylic acids is 2. The number of nitro groups is 1. The summed E-state index contributed by atoms with van der Waals surface area (Å²) in [6, 6.07) is 27.2. The lowest BCUT2D eigenvalue weighted by Gasteiger charge is -2.08. The molecule has 0 amide bonds. The van der Waals surface area contributed by atoms with Gasteiger partial charge in [-0.1, -0.05) is 12.1 Å². The van der Waals surface area contributed by atoms with Crippen molar-refractivity contribution in [3.05, 3.63) is 168 Å². The molecule has 0 spiro atoms.